The predicted molar refractivity (Wildman–Crippen MR) is 128 cm³/mol. The zero-order chi connectivity index (χ0) is 25.0. The lowest BCUT2D eigenvalue weighted by Crippen LogP contribution is -2.52. The van der Waals surface area contributed by atoms with Crippen LogP contribution in [0.2, 0.25) is 0 Å². The first-order valence-corrected chi connectivity index (χ1v) is 11.7. The van der Waals surface area contributed by atoms with Gasteiger partial charge in [0.25, 0.3) is 0 Å². The molecule has 9 heteroatoms. The van der Waals surface area contributed by atoms with Crippen LogP contribution < -0.4 is 9.64 Å². The maximum absolute atomic E-state index is 15.5. The van der Waals surface area contributed by atoms with E-state index in [4.69, 9.17) is 4.74 Å². The summed E-state index contributed by atoms with van der Waals surface area (Å²) in [7, 11) is 3.19. The minimum absolute atomic E-state index is 0.0739. The molecule has 1 aromatic carbocycles. The van der Waals surface area contributed by atoms with Gasteiger partial charge in [0, 0.05) is 24.2 Å². The molecule has 0 amide bonds. The maximum atomic E-state index is 15.5. The van der Waals surface area contributed by atoms with Crippen LogP contribution in [0.15, 0.2) is 36.7 Å². The van der Waals surface area contributed by atoms with E-state index in [1.54, 1.807) is 18.3 Å². The molecule has 7 nitrogen and oxygen atoms in total. The second-order valence-corrected chi connectivity index (χ2v) is 10.5. The molecular weight excluding hydrogens is 452 g/mol. The third-order valence-corrected chi connectivity index (χ3v) is 7.82. The zero-order valence-corrected chi connectivity index (χ0v) is 20.3. The standard InChI is InChI=1S/C26H29F2N5O2/c1-25-7-8-26(2,14-25)22(28)19(11-25)33(3)21-13-29-23(32-31-21)17-6-5-15(10-20(17)34)16-9-18(27)24(35-4)30-12-16/h5-6,9-10,12-13,19,22,34H,7-8,11,14H2,1-4H3/t19-,22-,25-,26-/m0/s1. The summed E-state index contributed by atoms with van der Waals surface area (Å²) in [6.07, 6.45) is 5.73. The van der Waals surface area contributed by atoms with Crippen molar-refractivity contribution in [3.8, 4) is 34.1 Å². The van der Waals surface area contributed by atoms with Crippen LogP contribution in [0.4, 0.5) is 14.6 Å². The number of anilines is 1. The lowest BCUT2D eigenvalue weighted by molar-refractivity contribution is 0.0380. The van der Waals surface area contributed by atoms with E-state index < -0.39 is 12.0 Å². The predicted octanol–water partition coefficient (Wildman–Crippen LogP) is 5.20. The number of benzene rings is 1. The second kappa shape index (κ2) is 8.39. The summed E-state index contributed by atoms with van der Waals surface area (Å²) in [4.78, 5) is 10.2. The number of nitrogens with zero attached hydrogens (tertiary/aromatic N) is 5. The third-order valence-electron chi connectivity index (χ3n) is 7.82. The first-order chi connectivity index (χ1) is 16.6. The Balaban J connectivity index is 1.36. The van der Waals surface area contributed by atoms with Crippen LogP contribution in [0, 0.1) is 16.6 Å². The fourth-order valence-electron chi connectivity index (χ4n) is 5.91. The summed E-state index contributed by atoms with van der Waals surface area (Å²) in [5.74, 6) is -0.0294. The monoisotopic (exact) mass is 481 g/mol. The molecule has 0 saturated heterocycles. The number of ether oxygens (including phenoxy) is 1. The Bertz CT molecular complexity index is 1260. The summed E-state index contributed by atoms with van der Waals surface area (Å²) in [6, 6.07) is 5.86. The number of methoxy groups -OCH3 is 1. The van der Waals surface area contributed by atoms with Crippen molar-refractivity contribution < 1.29 is 18.6 Å². The van der Waals surface area contributed by atoms with Gasteiger partial charge in [-0.1, -0.05) is 19.9 Å². The molecule has 2 fully saturated rings. The van der Waals surface area contributed by atoms with Crippen LogP contribution in [0.1, 0.15) is 39.5 Å². The van der Waals surface area contributed by atoms with Gasteiger partial charge in [0.05, 0.1) is 24.9 Å². The Hall–Kier alpha value is -3.36. The van der Waals surface area contributed by atoms with Crippen molar-refractivity contribution in [2.45, 2.75) is 51.7 Å². The summed E-state index contributed by atoms with van der Waals surface area (Å²) in [5.41, 5.74) is 1.30. The van der Waals surface area contributed by atoms with Gasteiger partial charge in [-0.25, -0.2) is 18.7 Å². The molecule has 3 aromatic rings. The van der Waals surface area contributed by atoms with E-state index in [1.807, 2.05) is 11.9 Å². The average molecular weight is 482 g/mol. The first kappa shape index (κ1) is 23.4. The van der Waals surface area contributed by atoms with Gasteiger partial charge in [-0.3, -0.25) is 0 Å². The molecule has 184 valence electrons. The number of aromatic hydroxyl groups is 1. The van der Waals surface area contributed by atoms with Gasteiger partial charge in [0.2, 0.25) is 5.88 Å². The average Bonchev–Trinajstić information content (AvgIpc) is 3.12. The van der Waals surface area contributed by atoms with E-state index in [0.717, 1.165) is 25.7 Å². The topological polar surface area (TPSA) is 84.3 Å². The number of phenolic OH excluding ortho intramolecular Hbond substituents is 1. The highest BCUT2D eigenvalue weighted by molar-refractivity contribution is 5.72. The van der Waals surface area contributed by atoms with Gasteiger partial charge >= 0.3 is 0 Å². The lowest BCUT2D eigenvalue weighted by Gasteiger charge is -2.46. The minimum Gasteiger partial charge on any atom is -0.507 e. The molecule has 2 aliphatic carbocycles. The van der Waals surface area contributed by atoms with Gasteiger partial charge in [0.1, 0.15) is 11.9 Å². The fraction of sp³-hybridized carbons (Fsp3) is 0.462. The number of fused-ring (bicyclic) bond motifs is 2. The molecule has 0 aliphatic heterocycles. The Morgan fingerprint density at radius 3 is 2.54 bits per heavy atom. The van der Waals surface area contributed by atoms with Crippen molar-refractivity contribution in [2.75, 3.05) is 19.1 Å². The molecule has 2 aromatic heterocycles. The fourth-order valence-corrected chi connectivity index (χ4v) is 5.91. The Kier molecular flexibility index (Phi) is 5.61. The number of hydrogen-bond donors (Lipinski definition) is 1. The van der Waals surface area contributed by atoms with Crippen LogP contribution in [0.25, 0.3) is 22.5 Å². The summed E-state index contributed by atoms with van der Waals surface area (Å²) in [5, 5.41) is 19.1. The Morgan fingerprint density at radius 2 is 1.89 bits per heavy atom. The SMILES string of the molecule is COc1ncc(-c2ccc(-c3ncc(N(C)[C@H]4C[C@]5(C)CC[C@@](C)(C5)[C@H]4F)nn3)c(O)c2)cc1F. The van der Waals surface area contributed by atoms with Gasteiger partial charge in [0.15, 0.2) is 17.5 Å². The van der Waals surface area contributed by atoms with Crippen LogP contribution in [-0.2, 0) is 0 Å². The number of pyridine rings is 1. The van der Waals surface area contributed by atoms with E-state index in [9.17, 15) is 9.50 Å². The van der Waals surface area contributed by atoms with E-state index in [-0.39, 0.29) is 34.3 Å². The quantitative estimate of drug-likeness (QED) is 0.536. The minimum atomic E-state index is -0.946. The van der Waals surface area contributed by atoms with E-state index in [1.165, 1.54) is 25.4 Å². The van der Waals surface area contributed by atoms with E-state index >= 15 is 4.39 Å². The van der Waals surface area contributed by atoms with Crippen LogP contribution in [0.5, 0.6) is 11.6 Å². The maximum Gasteiger partial charge on any atom is 0.250 e. The molecule has 0 radical (unpaired) electrons. The van der Waals surface area contributed by atoms with E-state index in [0.29, 0.717) is 22.5 Å². The van der Waals surface area contributed by atoms with Gasteiger partial charge in [-0.15, -0.1) is 10.2 Å². The highest BCUT2D eigenvalue weighted by Gasteiger charge is 2.56. The number of alkyl halides is 1. The number of phenols is 1. The number of hydrogen-bond acceptors (Lipinski definition) is 7. The Labute approximate surface area is 203 Å². The summed E-state index contributed by atoms with van der Waals surface area (Å²) < 4.78 is 34.4. The first-order valence-electron chi connectivity index (χ1n) is 11.7. The second-order valence-electron chi connectivity index (χ2n) is 10.5. The van der Waals surface area contributed by atoms with Gasteiger partial charge < -0.3 is 14.7 Å². The largest absolute Gasteiger partial charge is 0.507 e. The van der Waals surface area contributed by atoms with Crippen molar-refractivity contribution >= 4 is 5.82 Å². The molecule has 5 rings (SSSR count). The molecule has 2 bridgehead atoms. The highest BCUT2D eigenvalue weighted by atomic mass is 19.1. The number of aromatic nitrogens is 4. The van der Waals surface area contributed by atoms with Crippen molar-refractivity contribution in [3.05, 3.63) is 42.5 Å². The third kappa shape index (κ3) is 4.06. The summed E-state index contributed by atoms with van der Waals surface area (Å²) >= 11 is 0. The zero-order valence-electron chi connectivity index (χ0n) is 20.3. The van der Waals surface area contributed by atoms with Crippen molar-refractivity contribution in [1.29, 1.82) is 0 Å². The van der Waals surface area contributed by atoms with Crippen molar-refractivity contribution in [3.63, 3.8) is 0 Å². The van der Waals surface area contributed by atoms with Gasteiger partial charge in [-0.2, -0.15) is 0 Å². The van der Waals surface area contributed by atoms with Crippen molar-refractivity contribution in [1.82, 2.24) is 20.2 Å². The molecule has 35 heavy (non-hydrogen) atoms. The molecule has 4 atom stereocenters. The number of halogens is 2. The van der Waals surface area contributed by atoms with Crippen LogP contribution >= 0.6 is 0 Å². The lowest BCUT2D eigenvalue weighted by atomic mass is 9.67. The van der Waals surface area contributed by atoms with E-state index in [2.05, 4.69) is 34.0 Å². The summed E-state index contributed by atoms with van der Waals surface area (Å²) in [6.45, 7) is 4.31. The van der Waals surface area contributed by atoms with Gasteiger partial charge in [-0.05, 0) is 54.9 Å². The smallest absolute Gasteiger partial charge is 0.250 e. The van der Waals surface area contributed by atoms with Crippen molar-refractivity contribution in [2.24, 2.45) is 10.8 Å². The molecule has 2 heterocycles. The molecular formula is C26H29F2N5O2. The molecule has 2 saturated carbocycles. The van der Waals surface area contributed by atoms with Crippen LogP contribution in [-0.4, -0.2) is 51.6 Å². The Morgan fingerprint density at radius 1 is 1.09 bits per heavy atom. The molecule has 1 N–H and O–H groups in total. The number of rotatable bonds is 5. The van der Waals surface area contributed by atoms with Crippen LogP contribution in [0.3, 0.4) is 0 Å². The normalized spacial score (nSPS) is 27.6. The highest BCUT2D eigenvalue weighted by Crippen LogP contribution is 2.59. The molecule has 2 aliphatic rings. The molecule has 0 spiro atoms. The molecule has 0 unspecified atom stereocenters.